The highest BCUT2D eigenvalue weighted by molar-refractivity contribution is 7.13. The SMILES string of the molecule is C=Nc1cc(C(=O)NCc2ccccc2)cc(-c2nccs2)c1OCC. The minimum Gasteiger partial charge on any atom is -0.491 e. The summed E-state index contributed by atoms with van der Waals surface area (Å²) in [4.78, 5) is 21.0. The average Bonchev–Trinajstić information content (AvgIpc) is 3.21. The predicted octanol–water partition coefficient (Wildman–Crippen LogP) is 4.47. The van der Waals surface area contributed by atoms with E-state index < -0.39 is 0 Å². The number of benzene rings is 2. The molecule has 1 heterocycles. The number of thiazole rings is 1. The minimum absolute atomic E-state index is 0.181. The van der Waals surface area contributed by atoms with Gasteiger partial charge in [-0.2, -0.15) is 0 Å². The maximum absolute atomic E-state index is 12.6. The number of carbonyl (C=O) groups is 1. The Kier molecular flexibility index (Phi) is 5.76. The lowest BCUT2D eigenvalue weighted by atomic mass is 10.1. The second-order valence-electron chi connectivity index (χ2n) is 5.47. The molecule has 0 unspecified atom stereocenters. The molecule has 2 aromatic carbocycles. The first-order valence-corrected chi connectivity index (χ1v) is 9.10. The van der Waals surface area contributed by atoms with Crippen LogP contribution in [0.25, 0.3) is 10.6 Å². The fraction of sp³-hybridized carbons (Fsp3) is 0.150. The number of amides is 1. The topological polar surface area (TPSA) is 63.6 Å². The molecule has 0 bridgehead atoms. The van der Waals surface area contributed by atoms with Gasteiger partial charge < -0.3 is 10.1 Å². The van der Waals surface area contributed by atoms with E-state index in [1.165, 1.54) is 11.3 Å². The van der Waals surface area contributed by atoms with E-state index in [1.54, 1.807) is 18.3 Å². The summed E-state index contributed by atoms with van der Waals surface area (Å²) in [5.74, 6) is 0.414. The molecule has 0 saturated carbocycles. The largest absolute Gasteiger partial charge is 0.491 e. The van der Waals surface area contributed by atoms with E-state index in [9.17, 15) is 4.79 Å². The quantitative estimate of drug-likeness (QED) is 0.628. The summed E-state index contributed by atoms with van der Waals surface area (Å²) in [6.45, 7) is 6.45. The summed E-state index contributed by atoms with van der Waals surface area (Å²) in [6, 6.07) is 13.2. The van der Waals surface area contributed by atoms with Gasteiger partial charge in [0, 0.05) is 23.7 Å². The van der Waals surface area contributed by atoms with Gasteiger partial charge in [-0.15, -0.1) is 11.3 Å². The average molecular weight is 365 g/mol. The van der Waals surface area contributed by atoms with E-state index in [1.807, 2.05) is 42.6 Å². The molecule has 0 aliphatic heterocycles. The molecule has 26 heavy (non-hydrogen) atoms. The zero-order valence-electron chi connectivity index (χ0n) is 14.4. The molecule has 0 aliphatic carbocycles. The molecule has 1 amide bonds. The van der Waals surface area contributed by atoms with Gasteiger partial charge in [0.25, 0.3) is 5.91 Å². The first-order chi connectivity index (χ1) is 12.7. The Morgan fingerprint density at radius 2 is 2.12 bits per heavy atom. The number of aromatic nitrogens is 1. The number of hydrogen-bond donors (Lipinski definition) is 1. The van der Waals surface area contributed by atoms with E-state index in [0.29, 0.717) is 30.2 Å². The van der Waals surface area contributed by atoms with Crippen LogP contribution >= 0.6 is 11.3 Å². The van der Waals surface area contributed by atoms with Crippen LogP contribution in [0, 0.1) is 0 Å². The molecule has 3 aromatic rings. The van der Waals surface area contributed by atoms with Crippen LogP contribution in [0.15, 0.2) is 59.0 Å². The smallest absolute Gasteiger partial charge is 0.251 e. The first-order valence-electron chi connectivity index (χ1n) is 8.22. The van der Waals surface area contributed by atoms with Crippen molar-refractivity contribution in [2.45, 2.75) is 13.5 Å². The molecule has 0 saturated heterocycles. The van der Waals surface area contributed by atoms with Crippen molar-refractivity contribution in [3.05, 3.63) is 65.2 Å². The molecular formula is C20H19N3O2S. The summed E-state index contributed by atoms with van der Waals surface area (Å²) in [7, 11) is 0. The molecule has 3 rings (SSSR count). The van der Waals surface area contributed by atoms with E-state index in [-0.39, 0.29) is 5.91 Å². The number of carbonyl (C=O) groups excluding carboxylic acids is 1. The molecule has 0 atom stereocenters. The Morgan fingerprint density at radius 3 is 2.77 bits per heavy atom. The third kappa shape index (κ3) is 3.97. The molecule has 1 aromatic heterocycles. The number of aliphatic imine (C=N–C) groups is 1. The molecule has 6 heteroatoms. The summed E-state index contributed by atoms with van der Waals surface area (Å²) in [5, 5.41) is 5.59. The van der Waals surface area contributed by atoms with E-state index in [0.717, 1.165) is 16.1 Å². The number of rotatable bonds is 7. The minimum atomic E-state index is -0.181. The van der Waals surface area contributed by atoms with Gasteiger partial charge in [0.05, 0.1) is 12.2 Å². The van der Waals surface area contributed by atoms with Crippen molar-refractivity contribution in [1.82, 2.24) is 10.3 Å². The molecule has 0 aliphatic rings. The lowest BCUT2D eigenvalue weighted by Gasteiger charge is -2.14. The molecule has 132 valence electrons. The predicted molar refractivity (Wildman–Crippen MR) is 106 cm³/mol. The maximum Gasteiger partial charge on any atom is 0.251 e. The monoisotopic (exact) mass is 365 g/mol. The van der Waals surface area contributed by atoms with Crippen molar-refractivity contribution in [1.29, 1.82) is 0 Å². The Morgan fingerprint density at radius 1 is 1.31 bits per heavy atom. The third-order valence-corrected chi connectivity index (χ3v) is 4.56. The molecule has 0 fully saturated rings. The van der Waals surface area contributed by atoms with Gasteiger partial charge >= 0.3 is 0 Å². The van der Waals surface area contributed by atoms with Gasteiger partial charge in [0.15, 0.2) is 5.75 Å². The second-order valence-corrected chi connectivity index (χ2v) is 6.36. The highest BCUT2D eigenvalue weighted by Crippen LogP contribution is 2.40. The number of nitrogens with one attached hydrogen (secondary N) is 1. The molecule has 0 spiro atoms. The van der Waals surface area contributed by atoms with E-state index in [2.05, 4.69) is 22.0 Å². The van der Waals surface area contributed by atoms with Crippen LogP contribution < -0.4 is 10.1 Å². The summed E-state index contributed by atoms with van der Waals surface area (Å²) in [5.41, 5.74) is 2.81. The van der Waals surface area contributed by atoms with Crippen molar-refractivity contribution < 1.29 is 9.53 Å². The second kappa shape index (κ2) is 8.40. The highest BCUT2D eigenvalue weighted by atomic mass is 32.1. The van der Waals surface area contributed by atoms with E-state index in [4.69, 9.17) is 4.74 Å². The van der Waals surface area contributed by atoms with Crippen molar-refractivity contribution in [2.75, 3.05) is 6.61 Å². The van der Waals surface area contributed by atoms with Crippen LogP contribution in [0.3, 0.4) is 0 Å². The Balaban J connectivity index is 1.93. The van der Waals surface area contributed by atoms with Crippen LogP contribution in [0.1, 0.15) is 22.8 Å². The van der Waals surface area contributed by atoms with Crippen LogP contribution in [0.2, 0.25) is 0 Å². The van der Waals surface area contributed by atoms with Gasteiger partial charge in [0.2, 0.25) is 0 Å². The maximum atomic E-state index is 12.6. The highest BCUT2D eigenvalue weighted by Gasteiger charge is 2.18. The van der Waals surface area contributed by atoms with Crippen LogP contribution in [0.5, 0.6) is 5.75 Å². The van der Waals surface area contributed by atoms with Crippen LogP contribution in [-0.4, -0.2) is 24.2 Å². The van der Waals surface area contributed by atoms with Gasteiger partial charge in [0.1, 0.15) is 10.7 Å². The fourth-order valence-electron chi connectivity index (χ4n) is 2.55. The van der Waals surface area contributed by atoms with Gasteiger partial charge in [-0.1, -0.05) is 30.3 Å². The Bertz CT molecular complexity index is 893. The third-order valence-electron chi connectivity index (χ3n) is 3.75. The molecular weight excluding hydrogens is 346 g/mol. The molecule has 5 nitrogen and oxygen atoms in total. The van der Waals surface area contributed by atoms with Crippen molar-refractivity contribution >= 4 is 29.6 Å². The standard InChI is InChI=1S/C20H19N3O2S/c1-3-25-18-16(20-22-9-10-26-20)11-15(12-17(18)21-2)19(24)23-13-14-7-5-4-6-8-14/h4-12H,2-3,13H2,1H3,(H,23,24). The lowest BCUT2D eigenvalue weighted by Crippen LogP contribution is -2.22. The van der Waals surface area contributed by atoms with Gasteiger partial charge in [-0.05, 0) is 31.3 Å². The molecule has 1 N–H and O–H groups in total. The first kappa shape index (κ1) is 17.8. The van der Waals surface area contributed by atoms with Crippen LogP contribution in [0.4, 0.5) is 5.69 Å². The number of ether oxygens (including phenoxy) is 1. The summed E-state index contributed by atoms with van der Waals surface area (Å²) >= 11 is 1.48. The van der Waals surface area contributed by atoms with Crippen LogP contribution in [-0.2, 0) is 6.54 Å². The Hall–Kier alpha value is -2.99. The van der Waals surface area contributed by atoms with Crippen molar-refractivity contribution in [3.8, 4) is 16.3 Å². The molecule has 0 radical (unpaired) electrons. The normalized spacial score (nSPS) is 10.3. The van der Waals surface area contributed by atoms with Gasteiger partial charge in [-0.25, -0.2) is 4.98 Å². The van der Waals surface area contributed by atoms with Crippen molar-refractivity contribution in [2.24, 2.45) is 4.99 Å². The zero-order chi connectivity index (χ0) is 18.4. The summed E-state index contributed by atoms with van der Waals surface area (Å²) in [6.07, 6.45) is 1.72. The van der Waals surface area contributed by atoms with E-state index >= 15 is 0 Å². The Labute approximate surface area is 156 Å². The van der Waals surface area contributed by atoms with Crippen molar-refractivity contribution in [3.63, 3.8) is 0 Å². The number of hydrogen-bond acceptors (Lipinski definition) is 5. The zero-order valence-corrected chi connectivity index (χ0v) is 15.3. The van der Waals surface area contributed by atoms with Gasteiger partial charge in [-0.3, -0.25) is 9.79 Å². The lowest BCUT2D eigenvalue weighted by molar-refractivity contribution is 0.0951. The number of nitrogens with zero attached hydrogens (tertiary/aromatic N) is 2. The summed E-state index contributed by atoms with van der Waals surface area (Å²) < 4.78 is 5.75. The fourth-order valence-corrected chi connectivity index (χ4v) is 3.20.